The van der Waals surface area contributed by atoms with Crippen molar-refractivity contribution < 1.29 is 4.79 Å². The average Bonchev–Trinajstić information content (AvgIpc) is 3.24. The fraction of sp³-hybridized carbons (Fsp3) is 0.350. The molecule has 10 heteroatoms. The quantitative estimate of drug-likeness (QED) is 0.573. The smallest absolute Gasteiger partial charge is 0.330 e. The molecule has 3 aromatic rings. The highest BCUT2D eigenvalue weighted by molar-refractivity contribution is 6.07. The molecule has 0 aliphatic heterocycles. The number of nitrogens with two attached hydrogens (primary N) is 1. The van der Waals surface area contributed by atoms with Crippen LogP contribution in [0.25, 0.3) is 0 Å². The number of nitrogens with zero attached hydrogens (tertiary/aromatic N) is 5. The molecular formula is C20H25N7O3. The molecule has 158 valence electrons. The van der Waals surface area contributed by atoms with Gasteiger partial charge in [0.2, 0.25) is 0 Å². The first-order valence-electron chi connectivity index (χ1n) is 9.82. The van der Waals surface area contributed by atoms with Crippen LogP contribution in [0.1, 0.15) is 42.6 Å². The number of rotatable bonds is 8. The number of carbonyl (C=O) groups is 1. The summed E-state index contributed by atoms with van der Waals surface area (Å²) < 4.78 is 2.98. The van der Waals surface area contributed by atoms with Crippen molar-refractivity contribution in [2.75, 3.05) is 17.2 Å². The molecule has 0 spiro atoms. The topological polar surface area (TPSA) is 132 Å². The van der Waals surface area contributed by atoms with Crippen molar-refractivity contribution >= 4 is 17.4 Å². The van der Waals surface area contributed by atoms with Gasteiger partial charge >= 0.3 is 5.69 Å². The zero-order chi connectivity index (χ0) is 21.7. The first-order valence-corrected chi connectivity index (χ1v) is 9.82. The Bertz CT molecular complexity index is 1110. The molecule has 0 fully saturated rings. The minimum Gasteiger partial charge on any atom is -0.383 e. The summed E-state index contributed by atoms with van der Waals surface area (Å²) in [7, 11) is 0. The van der Waals surface area contributed by atoms with Gasteiger partial charge in [-0.25, -0.2) is 14.5 Å². The van der Waals surface area contributed by atoms with Crippen molar-refractivity contribution in [1.82, 2.24) is 24.3 Å². The van der Waals surface area contributed by atoms with Crippen LogP contribution in [0.4, 0.5) is 11.5 Å². The number of H-pyrrole nitrogens is 1. The Labute approximate surface area is 173 Å². The molecule has 0 atom stereocenters. The number of aromatic nitrogens is 5. The molecule has 1 aromatic carbocycles. The number of unbranched alkanes of at least 4 members (excludes halogenated alkanes) is 1. The summed E-state index contributed by atoms with van der Waals surface area (Å²) in [5.41, 5.74) is 6.25. The van der Waals surface area contributed by atoms with Crippen LogP contribution in [0.15, 0.2) is 46.5 Å². The molecule has 0 aliphatic carbocycles. The van der Waals surface area contributed by atoms with Crippen LogP contribution in [0.3, 0.4) is 0 Å². The number of nitrogens with one attached hydrogen (secondary N) is 1. The van der Waals surface area contributed by atoms with E-state index < -0.39 is 11.2 Å². The summed E-state index contributed by atoms with van der Waals surface area (Å²) in [6, 6.07) is 7.01. The fourth-order valence-electron chi connectivity index (χ4n) is 3.19. The maximum absolute atomic E-state index is 13.1. The van der Waals surface area contributed by atoms with Crippen LogP contribution >= 0.6 is 0 Å². The van der Waals surface area contributed by atoms with Gasteiger partial charge in [-0.15, -0.1) is 0 Å². The number of carbonyl (C=O) groups excluding carboxylic acids is 1. The molecule has 0 aliphatic rings. The lowest BCUT2D eigenvalue weighted by molar-refractivity contribution is 0.0988. The van der Waals surface area contributed by atoms with E-state index in [4.69, 9.17) is 5.73 Å². The Morgan fingerprint density at radius 2 is 1.93 bits per heavy atom. The van der Waals surface area contributed by atoms with Crippen LogP contribution in [0.5, 0.6) is 0 Å². The zero-order valence-corrected chi connectivity index (χ0v) is 17.0. The van der Waals surface area contributed by atoms with Crippen LogP contribution in [-0.4, -0.2) is 36.8 Å². The summed E-state index contributed by atoms with van der Waals surface area (Å²) in [5.74, 6) is -0.377. The molecule has 1 amide bonds. The summed E-state index contributed by atoms with van der Waals surface area (Å²) in [4.78, 5) is 45.2. The van der Waals surface area contributed by atoms with Crippen LogP contribution in [0.2, 0.25) is 0 Å². The highest BCUT2D eigenvalue weighted by atomic mass is 16.2. The van der Waals surface area contributed by atoms with Gasteiger partial charge in [0.1, 0.15) is 18.5 Å². The predicted octanol–water partition coefficient (Wildman–Crippen LogP) is 1.23. The largest absolute Gasteiger partial charge is 0.383 e. The standard InChI is InChI=1S/C20H25N7O3/c1-3-5-10-27-17(21)16(18(28)24-20(27)30)26(4-2)19(29)15-8-6-14(7-9-15)11-25-13-22-12-23-25/h6-9,12-13H,3-5,10-11,21H2,1-2H3,(H,24,28,30). The van der Waals surface area contributed by atoms with Gasteiger partial charge in [0, 0.05) is 18.7 Å². The summed E-state index contributed by atoms with van der Waals surface area (Å²) >= 11 is 0. The van der Waals surface area contributed by atoms with Gasteiger partial charge in [0.25, 0.3) is 11.5 Å². The Kier molecular flexibility index (Phi) is 6.45. The third-order valence-corrected chi connectivity index (χ3v) is 4.79. The number of benzene rings is 1. The van der Waals surface area contributed by atoms with Gasteiger partial charge < -0.3 is 10.6 Å². The zero-order valence-electron chi connectivity index (χ0n) is 17.0. The van der Waals surface area contributed by atoms with Crippen molar-refractivity contribution in [1.29, 1.82) is 0 Å². The van der Waals surface area contributed by atoms with Crippen LogP contribution in [-0.2, 0) is 13.1 Å². The first-order chi connectivity index (χ1) is 14.5. The minimum absolute atomic E-state index is 0.00444. The third-order valence-electron chi connectivity index (χ3n) is 4.79. The highest BCUT2D eigenvalue weighted by Gasteiger charge is 2.24. The van der Waals surface area contributed by atoms with E-state index in [9.17, 15) is 14.4 Å². The number of nitrogen functional groups attached to an aromatic ring is 1. The maximum Gasteiger partial charge on any atom is 0.330 e. The lowest BCUT2D eigenvalue weighted by atomic mass is 10.1. The summed E-state index contributed by atoms with van der Waals surface area (Å²) in [5, 5.41) is 4.06. The molecule has 0 unspecified atom stereocenters. The molecule has 0 radical (unpaired) electrons. The van der Waals surface area contributed by atoms with E-state index >= 15 is 0 Å². The van der Waals surface area contributed by atoms with E-state index in [0.717, 1.165) is 18.4 Å². The average molecular weight is 411 g/mol. The molecule has 3 rings (SSSR count). The normalized spacial score (nSPS) is 10.9. The molecule has 10 nitrogen and oxygen atoms in total. The minimum atomic E-state index is -0.678. The number of aromatic amines is 1. The third kappa shape index (κ3) is 4.32. The molecule has 3 N–H and O–H groups in total. The van der Waals surface area contributed by atoms with Crippen molar-refractivity contribution in [3.63, 3.8) is 0 Å². The molecule has 0 bridgehead atoms. The maximum atomic E-state index is 13.1. The van der Waals surface area contributed by atoms with E-state index in [1.807, 2.05) is 19.1 Å². The van der Waals surface area contributed by atoms with E-state index in [-0.39, 0.29) is 24.0 Å². The second kappa shape index (κ2) is 9.21. The van der Waals surface area contributed by atoms with E-state index in [1.54, 1.807) is 30.1 Å². The Morgan fingerprint density at radius 3 is 2.53 bits per heavy atom. The van der Waals surface area contributed by atoms with Crippen molar-refractivity contribution in [3.8, 4) is 0 Å². The van der Waals surface area contributed by atoms with Crippen LogP contribution in [0, 0.1) is 0 Å². The molecule has 30 heavy (non-hydrogen) atoms. The van der Waals surface area contributed by atoms with E-state index in [0.29, 0.717) is 18.7 Å². The SMILES string of the molecule is CCCCn1c(N)c(N(CC)C(=O)c2ccc(Cn3cncn3)cc2)c(=O)[nH]c1=O. The second-order valence-electron chi connectivity index (χ2n) is 6.84. The Balaban J connectivity index is 1.91. The molecule has 2 heterocycles. The van der Waals surface area contributed by atoms with Gasteiger partial charge in [-0.1, -0.05) is 25.5 Å². The second-order valence-corrected chi connectivity index (χ2v) is 6.84. The van der Waals surface area contributed by atoms with Crippen LogP contribution < -0.4 is 21.9 Å². The lowest BCUT2D eigenvalue weighted by Crippen LogP contribution is -2.41. The van der Waals surface area contributed by atoms with Gasteiger partial charge in [-0.3, -0.25) is 19.1 Å². The number of hydrogen-bond acceptors (Lipinski definition) is 6. The molecule has 2 aromatic heterocycles. The molecule has 0 saturated carbocycles. The Hall–Kier alpha value is -3.69. The molecular weight excluding hydrogens is 386 g/mol. The molecule has 0 saturated heterocycles. The number of amides is 1. The van der Waals surface area contributed by atoms with E-state index in [1.165, 1.54) is 15.8 Å². The van der Waals surface area contributed by atoms with Gasteiger partial charge in [-0.05, 0) is 31.0 Å². The predicted molar refractivity (Wildman–Crippen MR) is 114 cm³/mol. The summed E-state index contributed by atoms with van der Waals surface area (Å²) in [6.07, 6.45) is 4.65. The van der Waals surface area contributed by atoms with Gasteiger partial charge in [0.15, 0.2) is 5.69 Å². The van der Waals surface area contributed by atoms with Gasteiger partial charge in [-0.2, -0.15) is 5.10 Å². The van der Waals surface area contributed by atoms with Crippen molar-refractivity contribution in [2.24, 2.45) is 0 Å². The lowest BCUT2D eigenvalue weighted by Gasteiger charge is -2.23. The highest BCUT2D eigenvalue weighted by Crippen LogP contribution is 2.20. The fourth-order valence-corrected chi connectivity index (χ4v) is 3.19. The Morgan fingerprint density at radius 1 is 1.20 bits per heavy atom. The van der Waals surface area contributed by atoms with Crippen molar-refractivity contribution in [2.45, 2.75) is 39.8 Å². The first kappa shape index (κ1) is 21.0. The number of anilines is 2. The van der Waals surface area contributed by atoms with Crippen molar-refractivity contribution in [3.05, 3.63) is 68.9 Å². The summed E-state index contributed by atoms with van der Waals surface area (Å²) in [6.45, 7) is 4.85. The number of hydrogen-bond donors (Lipinski definition) is 2. The monoisotopic (exact) mass is 411 g/mol. The van der Waals surface area contributed by atoms with E-state index in [2.05, 4.69) is 15.1 Å². The van der Waals surface area contributed by atoms with Gasteiger partial charge in [0.05, 0.1) is 6.54 Å².